The quantitative estimate of drug-likeness (QED) is 0.124. The highest BCUT2D eigenvalue weighted by atomic mass is 19.2. The van der Waals surface area contributed by atoms with E-state index in [-0.39, 0.29) is 22.8 Å². The number of aromatic nitrogens is 1. The molecule has 0 saturated heterocycles. The van der Waals surface area contributed by atoms with Gasteiger partial charge in [-0.25, -0.2) is 18.0 Å². The van der Waals surface area contributed by atoms with E-state index in [0.717, 1.165) is 6.92 Å². The van der Waals surface area contributed by atoms with Crippen molar-refractivity contribution in [2.75, 3.05) is 0 Å². The lowest BCUT2D eigenvalue weighted by molar-refractivity contribution is -0.141. The van der Waals surface area contributed by atoms with Crippen molar-refractivity contribution in [2.45, 2.75) is 20.0 Å². The molecule has 1 aromatic heterocycles. The minimum absolute atomic E-state index is 0.0163. The molecule has 0 aliphatic carbocycles. The fourth-order valence-electron chi connectivity index (χ4n) is 3.26. The molecular formula is C24H14F5NO5. The SMILES string of the molecule is Cc1cc(OC(=O)C(C)Oc2c(F)c(F)c(F)c(F)c2F)cc2c1C(=O)/C(=C/c1cccnc1)O2. The first-order valence-electron chi connectivity index (χ1n) is 9.97. The molecule has 0 bridgehead atoms. The van der Waals surface area contributed by atoms with E-state index in [1.54, 1.807) is 25.3 Å². The number of ketones is 1. The van der Waals surface area contributed by atoms with Crippen LogP contribution in [-0.2, 0) is 4.79 Å². The highest BCUT2D eigenvalue weighted by Crippen LogP contribution is 2.38. The zero-order chi connectivity index (χ0) is 25.4. The molecule has 0 fully saturated rings. The van der Waals surface area contributed by atoms with Gasteiger partial charge >= 0.3 is 5.97 Å². The Balaban J connectivity index is 1.53. The number of halogens is 5. The fourth-order valence-corrected chi connectivity index (χ4v) is 3.26. The number of fused-ring (bicyclic) bond motifs is 1. The highest BCUT2D eigenvalue weighted by molar-refractivity contribution is 6.15. The molecule has 11 heteroatoms. The Hall–Kier alpha value is -4.28. The number of allylic oxidation sites excluding steroid dienone is 1. The van der Waals surface area contributed by atoms with Gasteiger partial charge in [0.25, 0.3) is 0 Å². The van der Waals surface area contributed by atoms with Gasteiger partial charge in [0, 0.05) is 18.5 Å². The van der Waals surface area contributed by atoms with Gasteiger partial charge in [-0.1, -0.05) is 6.07 Å². The minimum Gasteiger partial charge on any atom is -0.473 e. The second-order valence-electron chi connectivity index (χ2n) is 7.42. The zero-order valence-electron chi connectivity index (χ0n) is 18.0. The van der Waals surface area contributed by atoms with E-state index in [9.17, 15) is 31.5 Å². The summed E-state index contributed by atoms with van der Waals surface area (Å²) in [5, 5.41) is 0. The maximum atomic E-state index is 13.8. The third-order valence-corrected chi connectivity index (χ3v) is 4.94. The van der Waals surface area contributed by atoms with E-state index < -0.39 is 52.7 Å². The van der Waals surface area contributed by atoms with Crippen molar-refractivity contribution < 1.29 is 45.8 Å². The normalized spacial score (nSPS) is 14.5. The molecule has 0 amide bonds. The monoisotopic (exact) mass is 491 g/mol. The summed E-state index contributed by atoms with van der Waals surface area (Å²) in [5.41, 5.74) is 1.26. The number of hydrogen-bond acceptors (Lipinski definition) is 6. The average Bonchev–Trinajstić information content (AvgIpc) is 3.14. The van der Waals surface area contributed by atoms with Crippen LogP contribution in [0.15, 0.2) is 42.4 Å². The van der Waals surface area contributed by atoms with Gasteiger partial charge in [0.15, 0.2) is 17.6 Å². The fraction of sp³-hybridized carbons (Fsp3) is 0.125. The number of carbonyl (C=O) groups is 2. The molecule has 4 rings (SSSR count). The van der Waals surface area contributed by atoms with Crippen LogP contribution in [-0.4, -0.2) is 22.8 Å². The molecule has 1 aliphatic rings. The second kappa shape index (κ2) is 9.16. The largest absolute Gasteiger partial charge is 0.473 e. The lowest BCUT2D eigenvalue weighted by atomic mass is 10.0. The number of aryl methyl sites for hydroxylation is 1. The van der Waals surface area contributed by atoms with Gasteiger partial charge in [0.1, 0.15) is 11.5 Å². The predicted octanol–water partition coefficient (Wildman–Crippen LogP) is 5.07. The van der Waals surface area contributed by atoms with Crippen molar-refractivity contribution in [1.29, 1.82) is 0 Å². The number of Topliss-reactive ketones (excluding diaryl/α,β-unsaturated/α-hetero) is 1. The lowest BCUT2D eigenvalue weighted by Crippen LogP contribution is -2.29. The van der Waals surface area contributed by atoms with Crippen LogP contribution in [0.3, 0.4) is 0 Å². The number of ether oxygens (including phenoxy) is 3. The smallest absolute Gasteiger partial charge is 0.352 e. The molecule has 2 aromatic carbocycles. The molecule has 180 valence electrons. The summed E-state index contributed by atoms with van der Waals surface area (Å²) in [5.74, 6) is -14.5. The number of nitrogens with zero attached hydrogens (tertiary/aromatic N) is 1. The Labute approximate surface area is 194 Å². The van der Waals surface area contributed by atoms with Crippen LogP contribution < -0.4 is 14.2 Å². The van der Waals surface area contributed by atoms with Gasteiger partial charge in [-0.3, -0.25) is 9.78 Å². The topological polar surface area (TPSA) is 74.7 Å². The molecule has 0 radical (unpaired) electrons. The van der Waals surface area contributed by atoms with Gasteiger partial charge in [0.05, 0.1) is 5.56 Å². The molecule has 0 saturated carbocycles. The van der Waals surface area contributed by atoms with Crippen molar-refractivity contribution in [3.8, 4) is 17.2 Å². The van der Waals surface area contributed by atoms with Crippen LogP contribution >= 0.6 is 0 Å². The number of benzene rings is 2. The van der Waals surface area contributed by atoms with Crippen molar-refractivity contribution >= 4 is 17.8 Å². The standard InChI is InChI=1S/C24H14F5NO5/c1-10-6-13(8-14-16(10)22(31)15(35-14)7-12-4-3-5-30-9-12)34-24(32)11(2)33-23-20(28)18(26)17(25)19(27)21(23)29/h3-9,11H,1-2H3/b15-7-. The van der Waals surface area contributed by atoms with Crippen LogP contribution in [0.25, 0.3) is 6.08 Å². The Morgan fingerprint density at radius 2 is 1.71 bits per heavy atom. The van der Waals surface area contributed by atoms with E-state index in [2.05, 4.69) is 9.72 Å². The summed E-state index contributed by atoms with van der Waals surface area (Å²) >= 11 is 0. The summed E-state index contributed by atoms with van der Waals surface area (Å²) in [6.45, 7) is 2.56. The van der Waals surface area contributed by atoms with Gasteiger partial charge < -0.3 is 14.2 Å². The molecule has 1 unspecified atom stereocenters. The Bertz CT molecular complexity index is 1360. The van der Waals surface area contributed by atoms with Gasteiger partial charge in [0.2, 0.25) is 34.9 Å². The van der Waals surface area contributed by atoms with E-state index in [4.69, 9.17) is 9.47 Å². The minimum atomic E-state index is -2.36. The van der Waals surface area contributed by atoms with Crippen molar-refractivity contribution in [3.63, 3.8) is 0 Å². The number of carbonyl (C=O) groups excluding carboxylic acids is 2. The van der Waals surface area contributed by atoms with Crippen LogP contribution in [0.4, 0.5) is 22.0 Å². The van der Waals surface area contributed by atoms with Crippen LogP contribution in [0, 0.1) is 36.0 Å². The van der Waals surface area contributed by atoms with Crippen LogP contribution in [0.1, 0.15) is 28.4 Å². The molecule has 2 heterocycles. The molecule has 0 spiro atoms. The molecule has 35 heavy (non-hydrogen) atoms. The Morgan fingerprint density at radius 1 is 1.06 bits per heavy atom. The van der Waals surface area contributed by atoms with Crippen LogP contribution in [0.5, 0.6) is 17.2 Å². The summed E-state index contributed by atoms with van der Waals surface area (Å²) in [6.07, 6.45) is 2.81. The molecule has 0 N–H and O–H groups in total. The maximum absolute atomic E-state index is 13.8. The van der Waals surface area contributed by atoms with Gasteiger partial charge in [-0.05, 0) is 43.2 Å². The second-order valence-corrected chi connectivity index (χ2v) is 7.42. The molecule has 1 atom stereocenters. The molecule has 6 nitrogen and oxygen atoms in total. The number of pyridine rings is 1. The number of hydrogen-bond donors (Lipinski definition) is 0. The first-order valence-corrected chi connectivity index (χ1v) is 9.97. The lowest BCUT2D eigenvalue weighted by Gasteiger charge is -2.16. The summed E-state index contributed by atoms with van der Waals surface area (Å²) < 4.78 is 83.0. The molecular weight excluding hydrogens is 477 g/mol. The number of rotatable bonds is 5. The van der Waals surface area contributed by atoms with E-state index >= 15 is 0 Å². The third kappa shape index (κ3) is 4.44. The first-order chi connectivity index (χ1) is 16.6. The number of esters is 1. The summed E-state index contributed by atoms with van der Waals surface area (Å²) in [4.78, 5) is 29.0. The summed E-state index contributed by atoms with van der Waals surface area (Å²) in [6, 6.07) is 5.98. The maximum Gasteiger partial charge on any atom is 0.352 e. The zero-order valence-corrected chi connectivity index (χ0v) is 18.0. The van der Waals surface area contributed by atoms with Crippen molar-refractivity contribution in [2.24, 2.45) is 0 Å². The highest BCUT2D eigenvalue weighted by Gasteiger charge is 2.32. The average molecular weight is 491 g/mol. The van der Waals surface area contributed by atoms with E-state index in [1.165, 1.54) is 24.4 Å². The molecule has 1 aliphatic heterocycles. The van der Waals surface area contributed by atoms with E-state index in [1.807, 2.05) is 0 Å². The molecule has 3 aromatic rings. The van der Waals surface area contributed by atoms with Crippen LogP contribution in [0.2, 0.25) is 0 Å². The van der Waals surface area contributed by atoms with Crippen molar-refractivity contribution in [3.05, 3.63) is 88.2 Å². The van der Waals surface area contributed by atoms with E-state index in [0.29, 0.717) is 11.1 Å². The van der Waals surface area contributed by atoms with Gasteiger partial charge in [-0.2, -0.15) is 8.78 Å². The predicted molar refractivity (Wildman–Crippen MR) is 110 cm³/mol. The first kappa shape index (κ1) is 23.9. The Morgan fingerprint density at radius 3 is 2.34 bits per heavy atom. The van der Waals surface area contributed by atoms with Gasteiger partial charge in [-0.15, -0.1) is 0 Å². The Kier molecular flexibility index (Phi) is 6.25. The van der Waals surface area contributed by atoms with Crippen molar-refractivity contribution in [1.82, 2.24) is 4.98 Å². The summed E-state index contributed by atoms with van der Waals surface area (Å²) in [7, 11) is 0. The third-order valence-electron chi connectivity index (χ3n) is 4.94.